The molecule has 1 saturated heterocycles. The summed E-state index contributed by atoms with van der Waals surface area (Å²) in [5, 5.41) is 11.4. The number of Topliss-reactive ketones (excluding diaryl/α,β-unsaturated/α-hetero) is 1. The number of nitrogens with zero attached hydrogens (tertiary/aromatic N) is 2. The molecular weight excluding hydrogens is 435 g/mol. The number of hydrogen-bond donors (Lipinski definition) is 1. The molecule has 2 aromatic carbocycles. The molecule has 182 valence electrons. The third-order valence-corrected chi connectivity index (χ3v) is 6.05. The van der Waals surface area contributed by atoms with E-state index in [1.165, 1.54) is 24.1 Å². The lowest BCUT2D eigenvalue weighted by Crippen LogP contribution is -2.32. The van der Waals surface area contributed by atoms with Crippen LogP contribution in [-0.2, 0) is 15.0 Å². The minimum atomic E-state index is -0.828. The third-order valence-electron chi connectivity index (χ3n) is 6.05. The number of benzene rings is 2. The maximum absolute atomic E-state index is 13.7. The fraction of sp³-hybridized carbons (Fsp3) is 0.407. The molecule has 0 radical (unpaired) electrons. The van der Waals surface area contributed by atoms with E-state index in [0.717, 1.165) is 12.1 Å². The molecule has 2 aromatic rings. The van der Waals surface area contributed by atoms with E-state index >= 15 is 0 Å². The molecule has 0 bridgehead atoms. The second-order valence-corrected chi connectivity index (χ2v) is 9.87. The van der Waals surface area contributed by atoms with Crippen LogP contribution in [0, 0.1) is 5.82 Å². The largest absolute Gasteiger partial charge is 0.507 e. The lowest BCUT2D eigenvalue weighted by molar-refractivity contribution is -0.139. The van der Waals surface area contributed by atoms with Crippen molar-refractivity contribution in [1.29, 1.82) is 0 Å². The Morgan fingerprint density at radius 1 is 1.12 bits per heavy atom. The average molecular weight is 469 g/mol. The molecule has 1 fully saturated rings. The molecule has 1 atom stereocenters. The number of amides is 1. The quantitative estimate of drug-likeness (QED) is 0.368. The maximum atomic E-state index is 13.7. The molecule has 1 heterocycles. The normalized spacial score (nSPS) is 18.1. The lowest BCUT2D eigenvalue weighted by Gasteiger charge is -2.26. The summed E-state index contributed by atoms with van der Waals surface area (Å²) in [6, 6.07) is 10.3. The number of rotatable bonds is 7. The van der Waals surface area contributed by atoms with Crippen LogP contribution in [0.5, 0.6) is 5.75 Å². The summed E-state index contributed by atoms with van der Waals surface area (Å²) in [4.78, 5) is 29.8. The number of ether oxygens (including phenoxy) is 1. The van der Waals surface area contributed by atoms with Crippen molar-refractivity contribution in [2.75, 3.05) is 34.3 Å². The van der Waals surface area contributed by atoms with Crippen molar-refractivity contribution in [1.82, 2.24) is 9.80 Å². The summed E-state index contributed by atoms with van der Waals surface area (Å²) in [7, 11) is 5.35. The van der Waals surface area contributed by atoms with Crippen LogP contribution in [0.25, 0.3) is 5.76 Å². The number of aliphatic hydroxyl groups is 1. The van der Waals surface area contributed by atoms with Crippen LogP contribution in [0.15, 0.2) is 48.0 Å². The summed E-state index contributed by atoms with van der Waals surface area (Å²) in [6.45, 7) is 7.17. The van der Waals surface area contributed by atoms with Gasteiger partial charge >= 0.3 is 0 Å². The zero-order chi connectivity index (χ0) is 25.2. The summed E-state index contributed by atoms with van der Waals surface area (Å²) < 4.78 is 19.1. The van der Waals surface area contributed by atoms with Crippen LogP contribution in [-0.4, -0.2) is 60.9 Å². The number of carbonyl (C=O) groups is 2. The predicted molar refractivity (Wildman–Crippen MR) is 130 cm³/mol. The summed E-state index contributed by atoms with van der Waals surface area (Å²) in [5.74, 6) is -1.78. The Balaban J connectivity index is 2.19. The van der Waals surface area contributed by atoms with Gasteiger partial charge in [0.05, 0.1) is 24.3 Å². The Bertz CT molecular complexity index is 1100. The standard InChI is InChI=1S/C27H33FN2O4/c1-27(2,3)18-10-13-21(34-6)20(16-18)24(31)22-23(17-8-11-19(28)12-9-17)30(26(33)25(22)32)15-7-14-29(4)5/h8-13,16,23,31H,7,14-15H2,1-6H3/b24-22+. The Morgan fingerprint density at radius 2 is 1.76 bits per heavy atom. The Kier molecular flexibility index (Phi) is 7.46. The summed E-state index contributed by atoms with van der Waals surface area (Å²) >= 11 is 0. The van der Waals surface area contributed by atoms with Crippen molar-refractivity contribution < 1.29 is 23.8 Å². The average Bonchev–Trinajstić information content (AvgIpc) is 3.03. The first-order valence-corrected chi connectivity index (χ1v) is 11.3. The smallest absolute Gasteiger partial charge is 0.295 e. The molecular formula is C27H33FN2O4. The van der Waals surface area contributed by atoms with Gasteiger partial charge in [-0.15, -0.1) is 0 Å². The lowest BCUT2D eigenvalue weighted by atomic mass is 9.85. The molecule has 34 heavy (non-hydrogen) atoms. The van der Waals surface area contributed by atoms with Crippen molar-refractivity contribution in [3.8, 4) is 5.75 Å². The SMILES string of the molecule is COc1ccc(C(C)(C)C)cc1/C(O)=C1\C(=O)C(=O)N(CCCN(C)C)C1c1ccc(F)cc1. The van der Waals surface area contributed by atoms with Crippen molar-refractivity contribution in [3.05, 3.63) is 70.5 Å². The molecule has 1 unspecified atom stereocenters. The highest BCUT2D eigenvalue weighted by Gasteiger charge is 2.46. The molecule has 6 nitrogen and oxygen atoms in total. The number of aliphatic hydroxyl groups excluding tert-OH is 1. The van der Waals surface area contributed by atoms with Gasteiger partial charge in [-0.05, 0) is 67.9 Å². The van der Waals surface area contributed by atoms with Crippen molar-refractivity contribution in [3.63, 3.8) is 0 Å². The minimum Gasteiger partial charge on any atom is -0.507 e. The van der Waals surface area contributed by atoms with Crippen LogP contribution in [0.1, 0.15) is 49.9 Å². The van der Waals surface area contributed by atoms with E-state index in [2.05, 4.69) is 0 Å². The Hall–Kier alpha value is -3.19. The highest BCUT2D eigenvalue weighted by molar-refractivity contribution is 6.46. The maximum Gasteiger partial charge on any atom is 0.295 e. The molecule has 1 amide bonds. The van der Waals surface area contributed by atoms with Gasteiger partial charge in [-0.3, -0.25) is 9.59 Å². The first-order chi connectivity index (χ1) is 16.0. The molecule has 3 rings (SSSR count). The van der Waals surface area contributed by atoms with Crippen LogP contribution in [0.3, 0.4) is 0 Å². The van der Waals surface area contributed by atoms with Crippen molar-refractivity contribution in [2.24, 2.45) is 0 Å². The van der Waals surface area contributed by atoms with E-state index in [1.54, 1.807) is 24.3 Å². The second kappa shape index (κ2) is 9.97. The van der Waals surface area contributed by atoms with Gasteiger partial charge in [0.1, 0.15) is 17.3 Å². The Labute approximate surface area is 200 Å². The van der Waals surface area contributed by atoms with Crippen LogP contribution >= 0.6 is 0 Å². The molecule has 7 heteroatoms. The van der Waals surface area contributed by atoms with Gasteiger partial charge in [0.25, 0.3) is 11.7 Å². The summed E-state index contributed by atoms with van der Waals surface area (Å²) in [6.07, 6.45) is 0.639. The number of methoxy groups -OCH3 is 1. The van der Waals surface area contributed by atoms with E-state index in [1.807, 2.05) is 45.8 Å². The number of ketones is 1. The van der Waals surface area contributed by atoms with Gasteiger partial charge in [0.15, 0.2) is 0 Å². The molecule has 0 spiro atoms. The topological polar surface area (TPSA) is 70.1 Å². The molecule has 0 saturated carbocycles. The first kappa shape index (κ1) is 25.4. The minimum absolute atomic E-state index is 0.0224. The second-order valence-electron chi connectivity index (χ2n) is 9.87. The fourth-order valence-electron chi connectivity index (χ4n) is 4.16. The van der Waals surface area contributed by atoms with Crippen molar-refractivity contribution in [2.45, 2.75) is 38.6 Å². The first-order valence-electron chi connectivity index (χ1n) is 11.3. The van der Waals surface area contributed by atoms with E-state index in [0.29, 0.717) is 29.8 Å². The van der Waals surface area contributed by atoms with E-state index in [4.69, 9.17) is 4.74 Å². The highest BCUT2D eigenvalue weighted by atomic mass is 19.1. The number of halogens is 1. The highest BCUT2D eigenvalue weighted by Crippen LogP contribution is 2.41. The van der Waals surface area contributed by atoms with Gasteiger partial charge in [-0.2, -0.15) is 0 Å². The predicted octanol–water partition coefficient (Wildman–Crippen LogP) is 4.51. The third kappa shape index (κ3) is 5.14. The van der Waals surface area contributed by atoms with Crippen molar-refractivity contribution >= 4 is 17.4 Å². The van der Waals surface area contributed by atoms with Gasteiger partial charge in [-0.25, -0.2) is 4.39 Å². The number of hydrogen-bond acceptors (Lipinski definition) is 5. The number of likely N-dealkylation sites (tertiary alicyclic amines) is 1. The molecule has 0 aromatic heterocycles. The van der Waals surface area contributed by atoms with Crippen LogP contribution in [0.4, 0.5) is 4.39 Å². The van der Waals surface area contributed by atoms with Crippen LogP contribution in [0.2, 0.25) is 0 Å². The molecule has 0 aliphatic carbocycles. The van der Waals surface area contributed by atoms with Gasteiger partial charge in [0, 0.05) is 6.54 Å². The van der Waals surface area contributed by atoms with Gasteiger partial charge in [-0.1, -0.05) is 39.0 Å². The van der Waals surface area contributed by atoms with Gasteiger partial charge in [0.2, 0.25) is 0 Å². The molecule has 1 aliphatic heterocycles. The zero-order valence-corrected chi connectivity index (χ0v) is 20.7. The number of carbonyl (C=O) groups excluding carboxylic acids is 2. The van der Waals surface area contributed by atoms with E-state index < -0.39 is 23.5 Å². The fourth-order valence-corrected chi connectivity index (χ4v) is 4.16. The zero-order valence-electron chi connectivity index (χ0n) is 20.7. The molecule has 1 N–H and O–H groups in total. The molecule has 1 aliphatic rings. The Morgan fingerprint density at radius 3 is 2.32 bits per heavy atom. The monoisotopic (exact) mass is 468 g/mol. The summed E-state index contributed by atoms with van der Waals surface area (Å²) in [5.41, 5.74) is 1.60. The van der Waals surface area contributed by atoms with E-state index in [-0.39, 0.29) is 16.7 Å². The van der Waals surface area contributed by atoms with Gasteiger partial charge < -0.3 is 19.6 Å². The van der Waals surface area contributed by atoms with Crippen LogP contribution < -0.4 is 4.74 Å². The van der Waals surface area contributed by atoms with E-state index in [9.17, 15) is 19.1 Å².